The fraction of sp³-hybridized carbons (Fsp3) is 0.143. The van der Waals surface area contributed by atoms with Crippen LogP contribution in [0.2, 0.25) is 0 Å². The maximum absolute atomic E-state index is 12.1. The molecule has 1 N–H and O–H groups in total. The van der Waals surface area contributed by atoms with Gasteiger partial charge in [-0.05, 0) is 12.1 Å². The number of carbonyl (C=O) groups is 1. The van der Waals surface area contributed by atoms with Crippen LogP contribution < -0.4 is 5.32 Å². The third-order valence-electron chi connectivity index (χ3n) is 3.26. The molecule has 0 aliphatic heterocycles. The SMILES string of the molecule is O=C(NCCc1csc2ncnn12)c1cc(-c2ccco2)on1. The third kappa shape index (κ3) is 2.61. The number of aromatic nitrogens is 4. The molecule has 0 radical (unpaired) electrons. The molecule has 0 atom stereocenters. The minimum atomic E-state index is -0.295. The Bertz CT molecular complexity index is 937. The summed E-state index contributed by atoms with van der Waals surface area (Å²) in [6.45, 7) is 0.466. The number of furan rings is 1. The molecule has 0 aliphatic carbocycles. The van der Waals surface area contributed by atoms with Crippen molar-refractivity contribution in [3.05, 3.63) is 47.6 Å². The van der Waals surface area contributed by atoms with Crippen molar-refractivity contribution in [3.63, 3.8) is 0 Å². The predicted molar refractivity (Wildman–Crippen MR) is 81.1 cm³/mol. The zero-order valence-electron chi connectivity index (χ0n) is 11.8. The average molecular weight is 329 g/mol. The summed E-state index contributed by atoms with van der Waals surface area (Å²) in [5, 5.41) is 12.7. The summed E-state index contributed by atoms with van der Waals surface area (Å²) < 4.78 is 12.1. The maximum Gasteiger partial charge on any atom is 0.273 e. The van der Waals surface area contributed by atoms with Crippen LogP contribution in [0.5, 0.6) is 0 Å². The van der Waals surface area contributed by atoms with Crippen molar-refractivity contribution in [2.75, 3.05) is 6.54 Å². The van der Waals surface area contributed by atoms with Gasteiger partial charge in [-0.3, -0.25) is 4.79 Å². The molecule has 4 aromatic heterocycles. The smallest absolute Gasteiger partial charge is 0.273 e. The zero-order chi connectivity index (χ0) is 15.6. The summed E-state index contributed by atoms with van der Waals surface area (Å²) in [7, 11) is 0. The number of carbonyl (C=O) groups excluding carboxylic acids is 1. The van der Waals surface area contributed by atoms with Gasteiger partial charge in [0.2, 0.25) is 10.7 Å². The van der Waals surface area contributed by atoms with Crippen molar-refractivity contribution in [2.45, 2.75) is 6.42 Å². The van der Waals surface area contributed by atoms with Gasteiger partial charge in [-0.2, -0.15) is 5.10 Å². The largest absolute Gasteiger partial charge is 0.461 e. The van der Waals surface area contributed by atoms with Crippen LogP contribution in [0.25, 0.3) is 16.5 Å². The number of amides is 1. The number of rotatable bonds is 5. The highest BCUT2D eigenvalue weighted by Crippen LogP contribution is 2.20. The maximum atomic E-state index is 12.1. The number of hydrogen-bond acceptors (Lipinski definition) is 7. The second-order valence-corrected chi connectivity index (χ2v) is 5.58. The van der Waals surface area contributed by atoms with Gasteiger partial charge in [0.05, 0.1) is 12.0 Å². The molecule has 4 rings (SSSR count). The minimum Gasteiger partial charge on any atom is -0.461 e. The second kappa shape index (κ2) is 5.69. The van der Waals surface area contributed by atoms with Crippen LogP contribution in [0.15, 0.2) is 45.1 Å². The molecule has 0 spiro atoms. The Hall–Kier alpha value is -2.94. The van der Waals surface area contributed by atoms with Crippen LogP contribution in [-0.4, -0.2) is 32.2 Å². The molecule has 4 aromatic rings. The molecule has 8 nitrogen and oxygen atoms in total. The van der Waals surface area contributed by atoms with Gasteiger partial charge in [0.15, 0.2) is 11.5 Å². The topological polar surface area (TPSA) is 98.5 Å². The van der Waals surface area contributed by atoms with E-state index in [0.717, 1.165) is 10.7 Å². The molecule has 4 heterocycles. The minimum absolute atomic E-state index is 0.215. The molecule has 1 amide bonds. The first-order valence-corrected chi connectivity index (χ1v) is 7.74. The highest BCUT2D eigenvalue weighted by Gasteiger charge is 2.15. The van der Waals surface area contributed by atoms with E-state index in [1.165, 1.54) is 23.9 Å². The van der Waals surface area contributed by atoms with Crippen LogP contribution in [0, 0.1) is 0 Å². The summed E-state index contributed by atoms with van der Waals surface area (Å²) in [5.74, 6) is 0.655. The molecule has 116 valence electrons. The Morgan fingerprint density at radius 2 is 2.35 bits per heavy atom. The fourth-order valence-corrected chi connectivity index (χ4v) is 2.99. The zero-order valence-corrected chi connectivity index (χ0v) is 12.6. The number of nitrogens with one attached hydrogen (secondary N) is 1. The summed E-state index contributed by atoms with van der Waals surface area (Å²) >= 11 is 1.52. The van der Waals surface area contributed by atoms with Crippen molar-refractivity contribution >= 4 is 22.2 Å². The van der Waals surface area contributed by atoms with Crippen molar-refractivity contribution in [1.29, 1.82) is 0 Å². The fourth-order valence-electron chi connectivity index (χ4n) is 2.16. The lowest BCUT2D eigenvalue weighted by molar-refractivity contribution is 0.0945. The van der Waals surface area contributed by atoms with E-state index < -0.39 is 0 Å². The number of nitrogens with zero attached hydrogens (tertiary/aromatic N) is 4. The molecule has 0 unspecified atom stereocenters. The van der Waals surface area contributed by atoms with Gasteiger partial charge in [-0.25, -0.2) is 9.50 Å². The van der Waals surface area contributed by atoms with E-state index >= 15 is 0 Å². The molecule has 0 saturated heterocycles. The lowest BCUT2D eigenvalue weighted by Crippen LogP contribution is -2.26. The molecule has 23 heavy (non-hydrogen) atoms. The van der Waals surface area contributed by atoms with E-state index in [2.05, 4.69) is 20.6 Å². The molecule has 0 aliphatic rings. The highest BCUT2D eigenvalue weighted by molar-refractivity contribution is 7.15. The van der Waals surface area contributed by atoms with Crippen molar-refractivity contribution in [3.8, 4) is 11.5 Å². The summed E-state index contributed by atoms with van der Waals surface area (Å²) in [6, 6.07) is 5.03. The lowest BCUT2D eigenvalue weighted by atomic mass is 10.3. The van der Waals surface area contributed by atoms with Crippen molar-refractivity contribution in [1.82, 2.24) is 25.1 Å². The van der Waals surface area contributed by atoms with E-state index in [1.807, 2.05) is 5.38 Å². The van der Waals surface area contributed by atoms with Gasteiger partial charge < -0.3 is 14.3 Å². The first kappa shape index (κ1) is 13.7. The molecule has 0 bridgehead atoms. The van der Waals surface area contributed by atoms with E-state index in [-0.39, 0.29) is 11.6 Å². The van der Waals surface area contributed by atoms with Crippen LogP contribution in [0.1, 0.15) is 16.2 Å². The van der Waals surface area contributed by atoms with Crippen LogP contribution >= 0.6 is 11.3 Å². The van der Waals surface area contributed by atoms with Gasteiger partial charge >= 0.3 is 0 Å². The summed E-state index contributed by atoms with van der Waals surface area (Å²) in [5.41, 5.74) is 1.21. The van der Waals surface area contributed by atoms with Gasteiger partial charge in [-0.15, -0.1) is 11.3 Å². The monoisotopic (exact) mass is 329 g/mol. The second-order valence-electron chi connectivity index (χ2n) is 4.74. The quantitative estimate of drug-likeness (QED) is 0.601. The Balaban J connectivity index is 1.38. The molecule has 9 heteroatoms. The molecule has 0 aromatic carbocycles. The number of thiazole rings is 1. The van der Waals surface area contributed by atoms with Crippen LogP contribution in [-0.2, 0) is 6.42 Å². The number of fused-ring (bicyclic) bond motifs is 1. The van der Waals surface area contributed by atoms with Crippen LogP contribution in [0.3, 0.4) is 0 Å². The lowest BCUT2D eigenvalue weighted by Gasteiger charge is -2.01. The summed E-state index contributed by atoms with van der Waals surface area (Å²) in [6.07, 6.45) is 3.70. The average Bonchev–Trinajstić information content (AvgIpc) is 3.32. The van der Waals surface area contributed by atoms with E-state index in [1.54, 1.807) is 22.7 Å². The predicted octanol–water partition coefficient (Wildman–Crippen LogP) is 2.01. The van der Waals surface area contributed by atoms with E-state index in [4.69, 9.17) is 8.94 Å². The van der Waals surface area contributed by atoms with E-state index in [9.17, 15) is 4.79 Å². The molecular weight excluding hydrogens is 318 g/mol. The third-order valence-corrected chi connectivity index (χ3v) is 4.14. The van der Waals surface area contributed by atoms with Crippen molar-refractivity contribution in [2.24, 2.45) is 0 Å². The number of hydrogen-bond donors (Lipinski definition) is 1. The Morgan fingerprint density at radius 1 is 1.39 bits per heavy atom. The molecular formula is C14H11N5O3S. The first-order valence-electron chi connectivity index (χ1n) is 6.86. The standard InChI is InChI=1S/C14H11N5O3S/c20-13(10-6-12(22-18-10)11-2-1-5-21-11)15-4-3-9-7-23-14-16-8-17-19(9)14/h1-2,5-8H,3-4H2,(H,15,20). The molecule has 0 saturated carbocycles. The normalized spacial score (nSPS) is 11.1. The first-order chi connectivity index (χ1) is 11.3. The van der Waals surface area contributed by atoms with E-state index in [0.29, 0.717) is 24.5 Å². The Morgan fingerprint density at radius 3 is 3.22 bits per heavy atom. The van der Waals surface area contributed by atoms with Crippen molar-refractivity contribution < 1.29 is 13.7 Å². The van der Waals surface area contributed by atoms with Gasteiger partial charge in [-0.1, -0.05) is 5.16 Å². The van der Waals surface area contributed by atoms with Gasteiger partial charge in [0.1, 0.15) is 6.33 Å². The summed E-state index contributed by atoms with van der Waals surface area (Å²) in [4.78, 5) is 17.0. The van der Waals surface area contributed by atoms with Gasteiger partial charge in [0.25, 0.3) is 5.91 Å². The molecule has 0 fully saturated rings. The van der Waals surface area contributed by atoms with Crippen LogP contribution in [0.4, 0.5) is 0 Å². The highest BCUT2D eigenvalue weighted by atomic mass is 32.1. The van der Waals surface area contributed by atoms with Gasteiger partial charge in [0, 0.05) is 24.4 Å². The Labute approximate surface area is 133 Å². The Kier molecular flexibility index (Phi) is 3.39.